The van der Waals surface area contributed by atoms with Crippen LogP contribution in [0.2, 0.25) is 0 Å². The molecular formula is C24H27N5O2. The highest BCUT2D eigenvalue weighted by atomic mass is 16.5. The molecule has 0 bridgehead atoms. The van der Waals surface area contributed by atoms with Crippen molar-refractivity contribution in [1.82, 2.24) is 9.97 Å². The molecule has 0 spiro atoms. The molecule has 7 nitrogen and oxygen atoms in total. The summed E-state index contributed by atoms with van der Waals surface area (Å²) < 4.78 is 5.43. The highest BCUT2D eigenvalue weighted by Crippen LogP contribution is 2.22. The van der Waals surface area contributed by atoms with Crippen molar-refractivity contribution in [3.63, 3.8) is 0 Å². The van der Waals surface area contributed by atoms with Gasteiger partial charge in [-0.05, 0) is 57.2 Å². The Morgan fingerprint density at radius 3 is 2.23 bits per heavy atom. The molecule has 7 heteroatoms. The van der Waals surface area contributed by atoms with Gasteiger partial charge >= 0.3 is 0 Å². The fourth-order valence-electron chi connectivity index (χ4n) is 3.66. The predicted molar refractivity (Wildman–Crippen MR) is 123 cm³/mol. The van der Waals surface area contributed by atoms with Crippen molar-refractivity contribution in [2.75, 3.05) is 41.8 Å². The van der Waals surface area contributed by atoms with Gasteiger partial charge in [-0.2, -0.15) is 0 Å². The van der Waals surface area contributed by atoms with E-state index in [1.807, 2.05) is 63.2 Å². The van der Waals surface area contributed by atoms with Gasteiger partial charge in [0.05, 0.1) is 13.2 Å². The first kappa shape index (κ1) is 20.8. The summed E-state index contributed by atoms with van der Waals surface area (Å²) in [6.45, 7) is 8.94. The van der Waals surface area contributed by atoms with E-state index in [4.69, 9.17) is 4.74 Å². The van der Waals surface area contributed by atoms with Crippen LogP contribution in [0.4, 0.5) is 23.0 Å². The lowest BCUT2D eigenvalue weighted by atomic mass is 10.1. The van der Waals surface area contributed by atoms with E-state index in [1.54, 1.807) is 0 Å². The minimum atomic E-state index is -0.117. The van der Waals surface area contributed by atoms with Crippen LogP contribution in [0, 0.1) is 20.8 Å². The van der Waals surface area contributed by atoms with E-state index < -0.39 is 0 Å². The van der Waals surface area contributed by atoms with Crippen molar-refractivity contribution >= 4 is 28.9 Å². The fourth-order valence-corrected chi connectivity index (χ4v) is 3.66. The van der Waals surface area contributed by atoms with Crippen molar-refractivity contribution in [2.24, 2.45) is 0 Å². The number of ether oxygens (including phenoxy) is 1. The number of nitrogens with zero attached hydrogens (tertiary/aromatic N) is 3. The highest BCUT2D eigenvalue weighted by Gasteiger charge is 2.14. The number of aryl methyl sites for hydroxylation is 3. The fraction of sp³-hybridized carbons (Fsp3) is 0.292. The van der Waals surface area contributed by atoms with Crippen LogP contribution >= 0.6 is 0 Å². The Balaban J connectivity index is 1.44. The molecular weight excluding hydrogens is 390 g/mol. The molecule has 1 amide bonds. The normalized spacial score (nSPS) is 13.7. The molecule has 1 aliphatic rings. The number of rotatable bonds is 5. The third kappa shape index (κ3) is 5.38. The Hall–Kier alpha value is -3.45. The summed E-state index contributed by atoms with van der Waals surface area (Å²) in [5, 5.41) is 6.28. The molecule has 160 valence electrons. The average Bonchev–Trinajstić information content (AvgIpc) is 2.75. The molecule has 0 radical (unpaired) electrons. The van der Waals surface area contributed by atoms with Gasteiger partial charge < -0.3 is 20.3 Å². The van der Waals surface area contributed by atoms with E-state index in [0.29, 0.717) is 24.6 Å². The van der Waals surface area contributed by atoms with Crippen LogP contribution in [0.5, 0.6) is 0 Å². The van der Waals surface area contributed by atoms with Crippen LogP contribution in [-0.4, -0.2) is 42.2 Å². The third-order valence-corrected chi connectivity index (χ3v) is 5.06. The topological polar surface area (TPSA) is 79.4 Å². The second-order valence-electron chi connectivity index (χ2n) is 7.79. The van der Waals surface area contributed by atoms with Gasteiger partial charge in [-0.25, -0.2) is 9.97 Å². The standard InChI is InChI=1S/C24H27N5O2/c1-16-12-17(2)14-19(13-16)24(30)28-21-6-4-20(5-7-21)27-22-15-23(26-18(3)25-22)29-8-10-31-11-9-29/h4-7,12-15H,8-11H2,1-3H3,(H,28,30)(H,25,26,27). The molecule has 0 unspecified atom stereocenters. The molecule has 0 aliphatic carbocycles. The Morgan fingerprint density at radius 2 is 1.55 bits per heavy atom. The van der Waals surface area contributed by atoms with E-state index in [-0.39, 0.29) is 5.91 Å². The molecule has 4 rings (SSSR count). The first-order valence-corrected chi connectivity index (χ1v) is 10.4. The summed E-state index contributed by atoms with van der Waals surface area (Å²) in [4.78, 5) is 23.8. The number of aromatic nitrogens is 2. The van der Waals surface area contributed by atoms with Crippen molar-refractivity contribution in [1.29, 1.82) is 0 Å². The van der Waals surface area contributed by atoms with E-state index in [0.717, 1.165) is 47.2 Å². The summed E-state index contributed by atoms with van der Waals surface area (Å²) in [5.41, 5.74) is 4.42. The van der Waals surface area contributed by atoms with E-state index in [2.05, 4.69) is 31.6 Å². The predicted octanol–water partition coefficient (Wildman–Crippen LogP) is 4.23. The zero-order valence-corrected chi connectivity index (χ0v) is 18.1. The average molecular weight is 418 g/mol. The van der Waals surface area contributed by atoms with Gasteiger partial charge in [-0.3, -0.25) is 4.79 Å². The molecule has 0 atom stereocenters. The molecule has 1 fully saturated rings. The first-order valence-electron chi connectivity index (χ1n) is 10.4. The summed E-state index contributed by atoms with van der Waals surface area (Å²) >= 11 is 0. The van der Waals surface area contributed by atoms with Gasteiger partial charge in [0, 0.05) is 36.1 Å². The Labute approximate surface area is 182 Å². The summed E-state index contributed by atoms with van der Waals surface area (Å²) in [6, 6.07) is 15.4. The number of carbonyl (C=O) groups is 1. The Kier molecular flexibility index (Phi) is 6.13. The quantitative estimate of drug-likeness (QED) is 0.647. The number of carbonyl (C=O) groups excluding carboxylic acids is 1. The van der Waals surface area contributed by atoms with Gasteiger partial charge in [0.25, 0.3) is 5.91 Å². The molecule has 2 N–H and O–H groups in total. The van der Waals surface area contributed by atoms with Crippen molar-refractivity contribution < 1.29 is 9.53 Å². The Morgan fingerprint density at radius 1 is 0.903 bits per heavy atom. The van der Waals surface area contributed by atoms with Crippen molar-refractivity contribution in [3.8, 4) is 0 Å². The smallest absolute Gasteiger partial charge is 0.255 e. The van der Waals surface area contributed by atoms with Crippen LogP contribution in [0.3, 0.4) is 0 Å². The molecule has 2 aromatic carbocycles. The van der Waals surface area contributed by atoms with Crippen LogP contribution in [0.1, 0.15) is 27.3 Å². The number of hydrogen-bond donors (Lipinski definition) is 2. The van der Waals surface area contributed by atoms with Gasteiger partial charge in [0.15, 0.2) is 0 Å². The number of amides is 1. The van der Waals surface area contributed by atoms with E-state index >= 15 is 0 Å². The number of anilines is 4. The van der Waals surface area contributed by atoms with Crippen LogP contribution in [-0.2, 0) is 4.74 Å². The monoisotopic (exact) mass is 417 g/mol. The maximum Gasteiger partial charge on any atom is 0.255 e. The molecule has 2 heterocycles. The molecule has 3 aromatic rings. The zero-order valence-electron chi connectivity index (χ0n) is 18.1. The first-order chi connectivity index (χ1) is 15.0. The minimum Gasteiger partial charge on any atom is -0.378 e. The Bertz CT molecular complexity index is 1060. The maximum absolute atomic E-state index is 12.6. The third-order valence-electron chi connectivity index (χ3n) is 5.06. The zero-order chi connectivity index (χ0) is 21.8. The van der Waals surface area contributed by atoms with Gasteiger partial charge in [0.2, 0.25) is 0 Å². The van der Waals surface area contributed by atoms with Crippen molar-refractivity contribution in [2.45, 2.75) is 20.8 Å². The van der Waals surface area contributed by atoms with Crippen LogP contribution in [0.15, 0.2) is 48.5 Å². The molecule has 31 heavy (non-hydrogen) atoms. The molecule has 1 saturated heterocycles. The lowest BCUT2D eigenvalue weighted by molar-refractivity contribution is 0.102. The largest absolute Gasteiger partial charge is 0.378 e. The second kappa shape index (κ2) is 9.14. The second-order valence-corrected chi connectivity index (χ2v) is 7.79. The summed E-state index contributed by atoms with van der Waals surface area (Å²) in [7, 11) is 0. The lowest BCUT2D eigenvalue weighted by Crippen LogP contribution is -2.36. The van der Waals surface area contributed by atoms with Crippen LogP contribution in [0.25, 0.3) is 0 Å². The molecule has 0 saturated carbocycles. The number of hydrogen-bond acceptors (Lipinski definition) is 6. The number of benzene rings is 2. The maximum atomic E-state index is 12.6. The molecule has 1 aliphatic heterocycles. The van der Waals surface area contributed by atoms with E-state index in [1.165, 1.54) is 0 Å². The van der Waals surface area contributed by atoms with Crippen molar-refractivity contribution in [3.05, 3.63) is 71.0 Å². The summed E-state index contributed by atoms with van der Waals surface area (Å²) in [5.74, 6) is 2.23. The SMILES string of the molecule is Cc1cc(C)cc(C(=O)Nc2ccc(Nc3cc(N4CCOCC4)nc(C)n3)cc2)c1. The van der Waals surface area contributed by atoms with Gasteiger partial charge in [-0.1, -0.05) is 17.2 Å². The summed E-state index contributed by atoms with van der Waals surface area (Å²) in [6.07, 6.45) is 0. The lowest BCUT2D eigenvalue weighted by Gasteiger charge is -2.28. The highest BCUT2D eigenvalue weighted by molar-refractivity contribution is 6.04. The number of morpholine rings is 1. The minimum absolute atomic E-state index is 0.117. The van der Waals surface area contributed by atoms with E-state index in [9.17, 15) is 4.79 Å². The number of nitrogens with one attached hydrogen (secondary N) is 2. The van der Waals surface area contributed by atoms with Gasteiger partial charge in [0.1, 0.15) is 17.5 Å². The van der Waals surface area contributed by atoms with Crippen LogP contribution < -0.4 is 15.5 Å². The van der Waals surface area contributed by atoms with Gasteiger partial charge in [-0.15, -0.1) is 0 Å². The molecule has 1 aromatic heterocycles.